The number of hydrogen-bond donors (Lipinski definition) is 0. The molecule has 5 rings (SSSR count). The van der Waals surface area contributed by atoms with E-state index in [1.165, 1.54) is 27.8 Å². The first-order chi connectivity index (χ1) is 15.8. The van der Waals surface area contributed by atoms with Crippen LogP contribution in [-0.2, 0) is 11.3 Å². The van der Waals surface area contributed by atoms with E-state index in [1.807, 2.05) is 35.2 Å². The summed E-state index contributed by atoms with van der Waals surface area (Å²) >= 11 is 6.05. The summed E-state index contributed by atoms with van der Waals surface area (Å²) in [5.74, 6) is 1.14. The molecular weight excluding hydrogens is 430 g/mol. The van der Waals surface area contributed by atoms with Crippen molar-refractivity contribution in [2.24, 2.45) is 0 Å². The molecule has 5 heteroatoms. The number of fused-ring (bicyclic) bond motifs is 1. The molecule has 1 aliphatic rings. The lowest BCUT2D eigenvalue weighted by molar-refractivity contribution is -0.117. The Morgan fingerprint density at radius 1 is 0.970 bits per heavy atom. The number of aromatic nitrogens is 2. The van der Waals surface area contributed by atoms with Crippen LogP contribution in [0.1, 0.15) is 46.0 Å². The van der Waals surface area contributed by atoms with Crippen LogP contribution in [0.5, 0.6) is 0 Å². The molecule has 0 aliphatic carbocycles. The van der Waals surface area contributed by atoms with Crippen molar-refractivity contribution in [3.8, 4) is 0 Å². The van der Waals surface area contributed by atoms with Crippen molar-refractivity contribution < 1.29 is 4.79 Å². The molecule has 0 bridgehead atoms. The van der Waals surface area contributed by atoms with Crippen LogP contribution in [-0.4, -0.2) is 22.0 Å². The minimum absolute atomic E-state index is 0.0343. The number of benzene rings is 3. The van der Waals surface area contributed by atoms with Gasteiger partial charge in [0, 0.05) is 36.1 Å². The highest BCUT2D eigenvalue weighted by atomic mass is 35.5. The number of nitrogens with zero attached hydrogens (tertiary/aromatic N) is 3. The average molecular weight is 458 g/mol. The van der Waals surface area contributed by atoms with E-state index in [0.29, 0.717) is 18.0 Å². The van der Waals surface area contributed by atoms with E-state index in [0.717, 1.165) is 29.1 Å². The highest BCUT2D eigenvalue weighted by Crippen LogP contribution is 2.35. The second-order valence-electron chi connectivity index (χ2n) is 9.17. The van der Waals surface area contributed by atoms with Crippen molar-refractivity contribution in [3.63, 3.8) is 0 Å². The van der Waals surface area contributed by atoms with Crippen molar-refractivity contribution in [1.82, 2.24) is 9.55 Å². The molecule has 4 aromatic rings. The van der Waals surface area contributed by atoms with Gasteiger partial charge >= 0.3 is 0 Å². The number of para-hydroxylation sites is 2. The lowest BCUT2D eigenvalue weighted by Crippen LogP contribution is -2.24. The van der Waals surface area contributed by atoms with E-state index in [4.69, 9.17) is 16.6 Å². The Morgan fingerprint density at radius 3 is 2.33 bits per heavy atom. The fourth-order valence-corrected chi connectivity index (χ4v) is 5.14. The minimum Gasteiger partial charge on any atom is -0.323 e. The van der Waals surface area contributed by atoms with Crippen LogP contribution in [0.4, 0.5) is 5.69 Å². The van der Waals surface area contributed by atoms with Gasteiger partial charge in [0.25, 0.3) is 0 Å². The van der Waals surface area contributed by atoms with Crippen molar-refractivity contribution in [2.45, 2.75) is 46.6 Å². The highest BCUT2D eigenvalue weighted by Gasteiger charge is 2.35. The zero-order valence-electron chi connectivity index (χ0n) is 19.5. The molecule has 0 spiro atoms. The molecule has 3 aromatic carbocycles. The fraction of sp³-hybridized carbons (Fsp3) is 0.286. The first-order valence-electron chi connectivity index (χ1n) is 11.4. The number of imidazole rings is 1. The van der Waals surface area contributed by atoms with Gasteiger partial charge in [-0.05, 0) is 91.9 Å². The van der Waals surface area contributed by atoms with Gasteiger partial charge in [-0.25, -0.2) is 4.98 Å². The van der Waals surface area contributed by atoms with Gasteiger partial charge < -0.3 is 9.47 Å². The largest absolute Gasteiger partial charge is 0.323 e. The Morgan fingerprint density at radius 2 is 1.64 bits per heavy atom. The maximum Gasteiger partial charge on any atom is 0.227 e. The van der Waals surface area contributed by atoms with Crippen LogP contribution in [0.2, 0.25) is 5.02 Å². The standard InChI is InChI=1S/C28H28ClN3O/c1-17-13-18(2)20(4)24(19(17)3)16-32-26-8-6-5-7-25(26)30-28(32)21-14-27(33)31(15-21)23-11-9-22(29)10-12-23/h5-13,21H,14-16H2,1-4H3/t21-/m0/s1. The van der Waals surface area contributed by atoms with Gasteiger partial charge in [0.05, 0.1) is 11.0 Å². The highest BCUT2D eigenvalue weighted by molar-refractivity contribution is 6.30. The SMILES string of the molecule is Cc1cc(C)c(C)c(Cn2c([C@H]3CC(=O)N(c4ccc(Cl)cc4)C3)nc3ccccc32)c1C. The third-order valence-electron chi connectivity index (χ3n) is 7.15. The number of carbonyl (C=O) groups is 1. The third kappa shape index (κ3) is 3.83. The molecule has 33 heavy (non-hydrogen) atoms. The van der Waals surface area contributed by atoms with E-state index in [2.05, 4.69) is 56.5 Å². The van der Waals surface area contributed by atoms with Gasteiger partial charge in [0.2, 0.25) is 5.91 Å². The summed E-state index contributed by atoms with van der Waals surface area (Å²) in [7, 11) is 0. The molecule has 1 aromatic heterocycles. The van der Waals surface area contributed by atoms with E-state index in [1.54, 1.807) is 0 Å². The number of halogens is 1. The topological polar surface area (TPSA) is 38.1 Å². The van der Waals surface area contributed by atoms with Crippen LogP contribution in [0.15, 0.2) is 54.6 Å². The molecule has 1 saturated heterocycles. The summed E-state index contributed by atoms with van der Waals surface area (Å²) in [6.45, 7) is 10.1. The minimum atomic E-state index is 0.0343. The van der Waals surface area contributed by atoms with Crippen molar-refractivity contribution >= 4 is 34.2 Å². The van der Waals surface area contributed by atoms with Gasteiger partial charge in [-0.3, -0.25) is 4.79 Å². The quantitative estimate of drug-likeness (QED) is 0.351. The Balaban J connectivity index is 1.57. The molecule has 1 atom stereocenters. The summed E-state index contributed by atoms with van der Waals surface area (Å²) < 4.78 is 2.33. The number of hydrogen-bond acceptors (Lipinski definition) is 2. The molecule has 1 fully saturated rings. The lowest BCUT2D eigenvalue weighted by Gasteiger charge is -2.20. The molecule has 1 amide bonds. The van der Waals surface area contributed by atoms with Gasteiger partial charge in [0.1, 0.15) is 5.82 Å². The Kier molecular flexibility index (Phi) is 5.49. The summed E-state index contributed by atoms with van der Waals surface area (Å²) in [5.41, 5.74) is 9.59. The van der Waals surface area contributed by atoms with Gasteiger partial charge in [-0.1, -0.05) is 29.8 Å². The Bertz CT molecular complexity index is 1340. The molecule has 168 valence electrons. The summed E-state index contributed by atoms with van der Waals surface area (Å²) in [6.07, 6.45) is 0.455. The molecule has 2 heterocycles. The van der Waals surface area contributed by atoms with E-state index in [-0.39, 0.29) is 11.8 Å². The second kappa shape index (κ2) is 8.35. The zero-order valence-corrected chi connectivity index (χ0v) is 20.3. The maximum atomic E-state index is 13.0. The first kappa shape index (κ1) is 21.7. The average Bonchev–Trinajstić information content (AvgIpc) is 3.36. The Hall–Kier alpha value is -3.11. The maximum absolute atomic E-state index is 13.0. The molecule has 0 unspecified atom stereocenters. The third-order valence-corrected chi connectivity index (χ3v) is 7.40. The van der Waals surface area contributed by atoms with E-state index < -0.39 is 0 Å². The second-order valence-corrected chi connectivity index (χ2v) is 9.60. The summed E-state index contributed by atoms with van der Waals surface area (Å²) in [4.78, 5) is 19.9. The van der Waals surface area contributed by atoms with Gasteiger partial charge in [-0.15, -0.1) is 0 Å². The molecule has 1 aliphatic heterocycles. The van der Waals surface area contributed by atoms with E-state index in [9.17, 15) is 4.79 Å². The Labute approximate surface area is 199 Å². The number of rotatable bonds is 4. The number of carbonyl (C=O) groups excluding carboxylic acids is 1. The van der Waals surface area contributed by atoms with Crippen LogP contribution in [0.25, 0.3) is 11.0 Å². The number of amides is 1. The summed E-state index contributed by atoms with van der Waals surface area (Å²) in [5, 5.41) is 0.669. The molecule has 0 radical (unpaired) electrons. The van der Waals surface area contributed by atoms with Crippen LogP contribution >= 0.6 is 11.6 Å². The normalized spacial score (nSPS) is 16.2. The zero-order chi connectivity index (χ0) is 23.3. The molecule has 0 saturated carbocycles. The van der Waals surface area contributed by atoms with Gasteiger partial charge in [-0.2, -0.15) is 0 Å². The van der Waals surface area contributed by atoms with Crippen LogP contribution in [0.3, 0.4) is 0 Å². The number of anilines is 1. The summed E-state index contributed by atoms with van der Waals surface area (Å²) in [6, 6.07) is 18.0. The van der Waals surface area contributed by atoms with Crippen molar-refractivity contribution in [3.05, 3.63) is 93.3 Å². The predicted octanol–water partition coefficient (Wildman–Crippen LogP) is 6.49. The van der Waals surface area contributed by atoms with Crippen LogP contribution in [0, 0.1) is 27.7 Å². The van der Waals surface area contributed by atoms with E-state index >= 15 is 0 Å². The number of aryl methyl sites for hydroxylation is 2. The molecule has 0 N–H and O–H groups in total. The lowest BCUT2D eigenvalue weighted by atomic mass is 9.94. The first-order valence-corrected chi connectivity index (χ1v) is 11.8. The monoisotopic (exact) mass is 457 g/mol. The molecular formula is C28H28ClN3O. The molecule has 4 nitrogen and oxygen atoms in total. The van der Waals surface area contributed by atoms with Crippen LogP contribution < -0.4 is 4.90 Å². The predicted molar refractivity (Wildman–Crippen MR) is 135 cm³/mol. The van der Waals surface area contributed by atoms with Crippen molar-refractivity contribution in [2.75, 3.05) is 11.4 Å². The van der Waals surface area contributed by atoms with Gasteiger partial charge in [0.15, 0.2) is 0 Å². The van der Waals surface area contributed by atoms with Crippen molar-refractivity contribution in [1.29, 1.82) is 0 Å². The smallest absolute Gasteiger partial charge is 0.227 e. The fourth-order valence-electron chi connectivity index (χ4n) is 5.02.